The summed E-state index contributed by atoms with van der Waals surface area (Å²) in [6.07, 6.45) is 1.27. The molecule has 140 valence electrons. The van der Waals surface area contributed by atoms with E-state index in [1.54, 1.807) is 43.0 Å². The maximum atomic E-state index is 13.1. The molecule has 1 atom stereocenters. The first-order chi connectivity index (χ1) is 12.3. The minimum Gasteiger partial charge on any atom is -0.497 e. The molecule has 0 aliphatic heterocycles. The molecule has 1 aromatic heterocycles. The molecule has 1 aromatic carbocycles. The average Bonchev–Trinajstić information content (AvgIpc) is 2.92. The van der Waals surface area contributed by atoms with Crippen LogP contribution in [0, 0.1) is 6.92 Å². The summed E-state index contributed by atoms with van der Waals surface area (Å²) in [4.78, 5) is 24.8. The molecule has 0 aliphatic rings. The first-order valence-electron chi connectivity index (χ1n) is 8.51. The van der Waals surface area contributed by atoms with Crippen molar-refractivity contribution in [3.05, 3.63) is 46.8 Å². The van der Waals surface area contributed by atoms with Crippen molar-refractivity contribution in [3.8, 4) is 11.5 Å². The van der Waals surface area contributed by atoms with E-state index in [1.807, 2.05) is 13.8 Å². The van der Waals surface area contributed by atoms with Crippen LogP contribution in [0.3, 0.4) is 0 Å². The Labute approximate surface area is 153 Å². The quantitative estimate of drug-likeness (QED) is 0.729. The minimum absolute atomic E-state index is 0.212. The van der Waals surface area contributed by atoms with Gasteiger partial charge in [0.15, 0.2) is 0 Å². The van der Waals surface area contributed by atoms with Crippen LogP contribution in [0.2, 0.25) is 0 Å². The highest BCUT2D eigenvalue weighted by atomic mass is 16.5. The van der Waals surface area contributed by atoms with Gasteiger partial charge in [0.2, 0.25) is 5.78 Å². The van der Waals surface area contributed by atoms with Crippen LogP contribution in [-0.4, -0.2) is 35.6 Å². The molecule has 0 bridgehead atoms. The number of carboxylic acid groups (broad SMARTS) is 1. The van der Waals surface area contributed by atoms with Crippen molar-refractivity contribution in [2.24, 2.45) is 7.05 Å². The lowest BCUT2D eigenvalue weighted by molar-refractivity contribution is -0.139. The highest BCUT2D eigenvalue weighted by molar-refractivity contribution is 6.11. The molecule has 0 saturated heterocycles. The van der Waals surface area contributed by atoms with Crippen molar-refractivity contribution >= 4 is 11.8 Å². The van der Waals surface area contributed by atoms with Crippen LogP contribution >= 0.6 is 0 Å². The van der Waals surface area contributed by atoms with Crippen LogP contribution in [-0.2, 0) is 11.8 Å². The number of nitrogens with zero attached hydrogens (tertiary/aromatic N) is 1. The van der Waals surface area contributed by atoms with Gasteiger partial charge >= 0.3 is 5.97 Å². The largest absolute Gasteiger partial charge is 0.497 e. The molecular formula is C20H25NO5. The number of carbonyl (C=O) groups is 2. The summed E-state index contributed by atoms with van der Waals surface area (Å²) in [5, 5.41) is 9.55. The predicted molar refractivity (Wildman–Crippen MR) is 98.4 cm³/mol. The number of ketones is 1. The minimum atomic E-state index is -0.881. The molecule has 6 nitrogen and oxygen atoms in total. The summed E-state index contributed by atoms with van der Waals surface area (Å²) in [5.74, 6) is -0.718. The third-order valence-electron chi connectivity index (χ3n) is 4.56. The van der Waals surface area contributed by atoms with Crippen LogP contribution in [0.1, 0.15) is 53.0 Å². The van der Waals surface area contributed by atoms with Crippen LogP contribution < -0.4 is 9.47 Å². The summed E-state index contributed by atoms with van der Waals surface area (Å²) >= 11 is 0. The first-order valence-corrected chi connectivity index (χ1v) is 8.51. The van der Waals surface area contributed by atoms with Gasteiger partial charge in [-0.3, -0.25) is 9.59 Å². The topological polar surface area (TPSA) is 77.8 Å². The lowest BCUT2D eigenvalue weighted by Gasteiger charge is -2.15. The summed E-state index contributed by atoms with van der Waals surface area (Å²) in [5.41, 5.74) is 2.25. The van der Waals surface area contributed by atoms with Gasteiger partial charge in [0.05, 0.1) is 31.4 Å². The number of carboxylic acids is 1. The number of aryl methyl sites for hydroxylation is 1. The van der Waals surface area contributed by atoms with Gasteiger partial charge in [-0.05, 0) is 37.1 Å². The maximum Gasteiger partial charge on any atom is 0.312 e. The molecule has 1 unspecified atom stereocenters. The predicted octanol–water partition coefficient (Wildman–Crippen LogP) is 3.55. The lowest BCUT2D eigenvalue weighted by atomic mass is 10.00. The Morgan fingerprint density at radius 3 is 2.42 bits per heavy atom. The van der Waals surface area contributed by atoms with E-state index in [4.69, 9.17) is 9.47 Å². The van der Waals surface area contributed by atoms with Crippen LogP contribution in [0.5, 0.6) is 11.5 Å². The van der Waals surface area contributed by atoms with Crippen molar-refractivity contribution in [1.82, 2.24) is 4.57 Å². The Bertz CT molecular complexity index is 822. The van der Waals surface area contributed by atoms with E-state index in [0.29, 0.717) is 34.9 Å². The molecule has 6 heteroatoms. The molecule has 0 radical (unpaired) electrons. The molecule has 0 saturated carbocycles. The average molecular weight is 359 g/mol. The van der Waals surface area contributed by atoms with E-state index >= 15 is 0 Å². The van der Waals surface area contributed by atoms with Gasteiger partial charge in [-0.15, -0.1) is 0 Å². The van der Waals surface area contributed by atoms with Crippen LogP contribution in [0.4, 0.5) is 0 Å². The molecule has 26 heavy (non-hydrogen) atoms. The Hall–Kier alpha value is -2.76. The maximum absolute atomic E-state index is 13.1. The van der Waals surface area contributed by atoms with E-state index in [2.05, 4.69) is 0 Å². The van der Waals surface area contributed by atoms with E-state index in [0.717, 1.165) is 12.0 Å². The number of rotatable bonds is 8. The van der Waals surface area contributed by atoms with E-state index in [1.165, 1.54) is 7.11 Å². The molecule has 2 rings (SSSR count). The Kier molecular flexibility index (Phi) is 6.08. The zero-order chi connectivity index (χ0) is 19.4. The number of methoxy groups -OCH3 is 2. The van der Waals surface area contributed by atoms with Crippen LogP contribution in [0.15, 0.2) is 24.3 Å². The Balaban J connectivity index is 2.53. The molecule has 1 heterocycles. The zero-order valence-corrected chi connectivity index (χ0v) is 15.8. The number of aliphatic carboxylic acids is 1. The molecule has 0 spiro atoms. The van der Waals surface area contributed by atoms with E-state index in [9.17, 15) is 14.7 Å². The Morgan fingerprint density at radius 1 is 1.19 bits per heavy atom. The number of benzene rings is 1. The first kappa shape index (κ1) is 19.6. The molecule has 2 aromatic rings. The second-order valence-corrected chi connectivity index (χ2v) is 6.23. The monoisotopic (exact) mass is 359 g/mol. The van der Waals surface area contributed by atoms with E-state index < -0.39 is 11.9 Å². The zero-order valence-electron chi connectivity index (χ0n) is 15.8. The molecule has 0 fully saturated rings. The van der Waals surface area contributed by atoms with Gasteiger partial charge in [-0.25, -0.2) is 0 Å². The molecule has 0 aliphatic carbocycles. The number of hydrogen-bond acceptors (Lipinski definition) is 4. The van der Waals surface area contributed by atoms with Crippen molar-refractivity contribution in [3.63, 3.8) is 0 Å². The summed E-state index contributed by atoms with van der Waals surface area (Å²) in [7, 11) is 4.78. The number of ether oxygens (including phenoxy) is 2. The SMILES string of the molecule is CCCC(C(=O)O)c1cc(C)c(C(=O)c2ccc(OC)cc2OC)n1C. The van der Waals surface area contributed by atoms with Crippen molar-refractivity contribution in [1.29, 1.82) is 0 Å². The fourth-order valence-corrected chi connectivity index (χ4v) is 3.25. The smallest absolute Gasteiger partial charge is 0.312 e. The molecule has 1 N–H and O–H groups in total. The molecule has 0 amide bonds. The number of carbonyl (C=O) groups excluding carboxylic acids is 1. The highest BCUT2D eigenvalue weighted by Gasteiger charge is 2.27. The van der Waals surface area contributed by atoms with Crippen molar-refractivity contribution in [2.75, 3.05) is 14.2 Å². The van der Waals surface area contributed by atoms with Gasteiger partial charge < -0.3 is 19.1 Å². The van der Waals surface area contributed by atoms with Gasteiger partial charge in [-0.1, -0.05) is 13.3 Å². The lowest BCUT2D eigenvalue weighted by Crippen LogP contribution is -2.17. The Morgan fingerprint density at radius 2 is 1.88 bits per heavy atom. The number of hydrogen-bond donors (Lipinski definition) is 1. The fourth-order valence-electron chi connectivity index (χ4n) is 3.25. The van der Waals surface area contributed by atoms with Crippen LogP contribution in [0.25, 0.3) is 0 Å². The summed E-state index contributed by atoms with van der Waals surface area (Å²) in [6.45, 7) is 3.76. The third kappa shape index (κ3) is 3.59. The van der Waals surface area contributed by atoms with Crippen molar-refractivity contribution in [2.45, 2.75) is 32.6 Å². The van der Waals surface area contributed by atoms with E-state index in [-0.39, 0.29) is 5.78 Å². The summed E-state index contributed by atoms with van der Waals surface area (Å²) in [6, 6.07) is 6.81. The van der Waals surface area contributed by atoms with Gasteiger partial charge in [0, 0.05) is 18.8 Å². The second kappa shape index (κ2) is 8.08. The van der Waals surface area contributed by atoms with Gasteiger partial charge in [-0.2, -0.15) is 0 Å². The molecular weight excluding hydrogens is 334 g/mol. The van der Waals surface area contributed by atoms with Crippen molar-refractivity contribution < 1.29 is 24.2 Å². The third-order valence-corrected chi connectivity index (χ3v) is 4.56. The van der Waals surface area contributed by atoms with Gasteiger partial charge in [0.25, 0.3) is 0 Å². The van der Waals surface area contributed by atoms with Gasteiger partial charge in [0.1, 0.15) is 11.5 Å². The number of aromatic nitrogens is 1. The standard InChI is InChI=1S/C20H25NO5/c1-6-7-14(20(23)24)16-10-12(2)18(21(16)3)19(22)15-9-8-13(25-4)11-17(15)26-5/h8-11,14H,6-7H2,1-5H3,(H,23,24). The fraction of sp³-hybridized carbons (Fsp3) is 0.400. The second-order valence-electron chi connectivity index (χ2n) is 6.23. The highest BCUT2D eigenvalue weighted by Crippen LogP contribution is 2.31. The summed E-state index contributed by atoms with van der Waals surface area (Å²) < 4.78 is 12.2. The normalized spacial score (nSPS) is 11.9.